The van der Waals surface area contributed by atoms with E-state index < -0.39 is 0 Å². The van der Waals surface area contributed by atoms with E-state index in [2.05, 4.69) is 15.3 Å². The molecule has 1 N–H and O–H groups in total. The predicted molar refractivity (Wildman–Crippen MR) is 69.2 cm³/mol. The highest BCUT2D eigenvalue weighted by Crippen LogP contribution is 2.16. The molecule has 0 aliphatic rings. The molecule has 0 fully saturated rings. The zero-order chi connectivity index (χ0) is 12.7. The first-order chi connectivity index (χ1) is 8.65. The fraction of sp³-hybridized carbons (Fsp3) is 0.0833. The molecule has 0 saturated carbocycles. The number of nitrogens with one attached hydrogen (secondary N) is 1. The van der Waals surface area contributed by atoms with E-state index in [4.69, 9.17) is 11.6 Å². The molecule has 2 aromatic heterocycles. The summed E-state index contributed by atoms with van der Waals surface area (Å²) in [6.07, 6.45) is 1.79. The highest BCUT2D eigenvalue weighted by atomic mass is 35.5. The summed E-state index contributed by atoms with van der Waals surface area (Å²) >= 11 is 5.83. The Labute approximate surface area is 107 Å². The maximum Gasteiger partial charge on any atom is 0.292 e. The Hall–Kier alpha value is -2.14. The number of hydrogen-bond acceptors (Lipinski definition) is 3. The van der Waals surface area contributed by atoms with Crippen LogP contribution in [0.15, 0.2) is 35.3 Å². The summed E-state index contributed by atoms with van der Waals surface area (Å²) < 4.78 is 1.64. The third kappa shape index (κ3) is 1.69. The molecule has 0 saturated heterocycles. The van der Waals surface area contributed by atoms with Crippen molar-refractivity contribution in [2.45, 2.75) is 6.92 Å². The smallest absolute Gasteiger partial charge is 0.265 e. The lowest BCUT2D eigenvalue weighted by molar-refractivity contribution is 0.890. The quantitative estimate of drug-likeness (QED) is 0.728. The summed E-state index contributed by atoms with van der Waals surface area (Å²) in [6.45, 7) is 1.83. The number of H-pyrrole nitrogens is 1. The lowest BCUT2D eigenvalue weighted by atomic mass is 10.3. The van der Waals surface area contributed by atoms with Gasteiger partial charge in [-0.15, -0.1) is 0 Å². The lowest BCUT2D eigenvalue weighted by Gasteiger charge is -1.99. The van der Waals surface area contributed by atoms with Gasteiger partial charge in [0, 0.05) is 16.6 Å². The van der Waals surface area contributed by atoms with Crippen LogP contribution in [0, 0.1) is 6.92 Å². The molecule has 5 nitrogen and oxygen atoms in total. The van der Waals surface area contributed by atoms with Gasteiger partial charge in [0.2, 0.25) is 0 Å². The van der Waals surface area contributed by atoms with Crippen molar-refractivity contribution in [2.24, 2.45) is 0 Å². The second kappa shape index (κ2) is 3.96. The van der Waals surface area contributed by atoms with Crippen LogP contribution in [0.5, 0.6) is 0 Å². The topological polar surface area (TPSA) is 63.6 Å². The number of aromatic nitrogens is 4. The second-order valence-corrected chi connectivity index (χ2v) is 4.39. The van der Waals surface area contributed by atoms with E-state index in [1.165, 1.54) is 0 Å². The van der Waals surface area contributed by atoms with E-state index in [1.54, 1.807) is 23.0 Å². The summed E-state index contributed by atoms with van der Waals surface area (Å²) in [5.74, 6) is 0. The molecule has 0 atom stereocenters. The van der Waals surface area contributed by atoms with Crippen LogP contribution < -0.4 is 5.56 Å². The minimum Gasteiger partial charge on any atom is -0.265 e. The molecule has 0 bridgehead atoms. The summed E-state index contributed by atoms with van der Waals surface area (Å²) in [5.41, 5.74) is 1.68. The molecular formula is C12H9ClN4O. The maximum absolute atomic E-state index is 11.6. The molecular weight excluding hydrogens is 252 g/mol. The van der Waals surface area contributed by atoms with Crippen molar-refractivity contribution in [1.29, 1.82) is 0 Å². The van der Waals surface area contributed by atoms with Crippen molar-refractivity contribution >= 4 is 22.5 Å². The summed E-state index contributed by atoms with van der Waals surface area (Å²) in [7, 11) is 0. The molecule has 0 unspecified atom stereocenters. The molecule has 1 aromatic carbocycles. The maximum atomic E-state index is 11.6. The van der Waals surface area contributed by atoms with Crippen molar-refractivity contribution in [3.05, 3.63) is 51.5 Å². The molecule has 0 amide bonds. The lowest BCUT2D eigenvalue weighted by Crippen LogP contribution is -2.09. The Balaban J connectivity index is 2.25. The van der Waals surface area contributed by atoms with Crippen LogP contribution in [0.3, 0.4) is 0 Å². The fourth-order valence-corrected chi connectivity index (χ4v) is 1.91. The molecule has 0 radical (unpaired) electrons. The Morgan fingerprint density at radius 1 is 1.28 bits per heavy atom. The van der Waals surface area contributed by atoms with Gasteiger partial charge in [-0.05, 0) is 31.2 Å². The Kier molecular flexibility index (Phi) is 2.41. The predicted octanol–water partition coefficient (Wildman–Crippen LogP) is 2.07. The Morgan fingerprint density at radius 3 is 2.67 bits per heavy atom. The number of benzene rings is 1. The molecule has 3 rings (SSSR count). The number of rotatable bonds is 1. The normalized spacial score (nSPS) is 11.0. The van der Waals surface area contributed by atoms with E-state index in [0.29, 0.717) is 10.5 Å². The highest BCUT2D eigenvalue weighted by Gasteiger charge is 2.09. The van der Waals surface area contributed by atoms with E-state index >= 15 is 0 Å². The molecule has 2 heterocycles. The molecule has 3 aromatic rings. The molecule has 90 valence electrons. The van der Waals surface area contributed by atoms with Gasteiger partial charge >= 0.3 is 0 Å². The van der Waals surface area contributed by atoms with Crippen molar-refractivity contribution in [3.8, 4) is 5.69 Å². The standard InChI is InChI=1S/C12H9ClN4O/c1-7-10-6-17(9-4-2-8(13)3-5-9)16-11(10)12(18)15-14-7/h2-6H,1H3,(H,15,18). The molecule has 0 aliphatic heterocycles. The third-order valence-electron chi connectivity index (χ3n) is 2.74. The van der Waals surface area contributed by atoms with Crippen LogP contribution in [-0.4, -0.2) is 20.0 Å². The second-order valence-electron chi connectivity index (χ2n) is 3.95. The monoisotopic (exact) mass is 260 g/mol. The van der Waals surface area contributed by atoms with Crippen LogP contribution in [0.25, 0.3) is 16.6 Å². The van der Waals surface area contributed by atoms with Gasteiger partial charge in [-0.3, -0.25) is 4.79 Å². The molecule has 0 aliphatic carbocycles. The Morgan fingerprint density at radius 2 is 2.00 bits per heavy atom. The highest BCUT2D eigenvalue weighted by molar-refractivity contribution is 6.30. The molecule has 6 heteroatoms. The first-order valence-corrected chi connectivity index (χ1v) is 5.73. The van der Waals surface area contributed by atoms with E-state index in [1.807, 2.05) is 19.1 Å². The van der Waals surface area contributed by atoms with Gasteiger partial charge < -0.3 is 0 Å². The number of aromatic amines is 1. The van der Waals surface area contributed by atoms with Crippen molar-refractivity contribution in [3.63, 3.8) is 0 Å². The van der Waals surface area contributed by atoms with Crippen molar-refractivity contribution in [1.82, 2.24) is 20.0 Å². The summed E-state index contributed by atoms with van der Waals surface area (Å²) in [4.78, 5) is 11.6. The third-order valence-corrected chi connectivity index (χ3v) is 2.99. The summed E-state index contributed by atoms with van der Waals surface area (Å²) in [5, 5.41) is 12.0. The van der Waals surface area contributed by atoms with Gasteiger partial charge in [-0.2, -0.15) is 10.2 Å². The number of hydrogen-bond donors (Lipinski definition) is 1. The van der Waals surface area contributed by atoms with Crippen molar-refractivity contribution in [2.75, 3.05) is 0 Å². The fourth-order valence-electron chi connectivity index (χ4n) is 1.78. The average molecular weight is 261 g/mol. The summed E-state index contributed by atoms with van der Waals surface area (Å²) in [6, 6.07) is 7.23. The van der Waals surface area contributed by atoms with Crippen LogP contribution in [-0.2, 0) is 0 Å². The Bertz CT molecular complexity index is 773. The van der Waals surface area contributed by atoms with E-state index in [9.17, 15) is 4.79 Å². The number of nitrogens with zero attached hydrogens (tertiary/aromatic N) is 3. The minimum atomic E-state index is -0.289. The van der Waals surface area contributed by atoms with Crippen LogP contribution in [0.1, 0.15) is 5.69 Å². The number of fused-ring (bicyclic) bond motifs is 1. The van der Waals surface area contributed by atoms with E-state index in [0.717, 1.165) is 16.8 Å². The van der Waals surface area contributed by atoms with Crippen molar-refractivity contribution < 1.29 is 0 Å². The first-order valence-electron chi connectivity index (χ1n) is 5.36. The van der Waals surface area contributed by atoms with Gasteiger partial charge in [0.25, 0.3) is 5.56 Å². The van der Waals surface area contributed by atoms with Gasteiger partial charge in [0.05, 0.1) is 11.4 Å². The largest absolute Gasteiger partial charge is 0.292 e. The van der Waals surface area contributed by atoms with Crippen LogP contribution in [0.4, 0.5) is 0 Å². The number of halogens is 1. The van der Waals surface area contributed by atoms with Gasteiger partial charge in [-0.1, -0.05) is 11.6 Å². The van der Waals surface area contributed by atoms with E-state index in [-0.39, 0.29) is 5.56 Å². The molecule has 0 spiro atoms. The zero-order valence-electron chi connectivity index (χ0n) is 9.51. The SMILES string of the molecule is Cc1n[nH]c(=O)c2nn(-c3ccc(Cl)cc3)cc12. The van der Waals surface area contributed by atoms with Gasteiger partial charge in [0.15, 0.2) is 5.52 Å². The van der Waals surface area contributed by atoms with Crippen LogP contribution in [0.2, 0.25) is 5.02 Å². The zero-order valence-corrected chi connectivity index (χ0v) is 10.3. The van der Waals surface area contributed by atoms with Gasteiger partial charge in [-0.25, -0.2) is 9.78 Å². The average Bonchev–Trinajstić information content (AvgIpc) is 2.81. The molecule has 18 heavy (non-hydrogen) atoms. The van der Waals surface area contributed by atoms with Gasteiger partial charge in [0.1, 0.15) is 0 Å². The first kappa shape index (κ1) is 11.0. The van der Waals surface area contributed by atoms with Crippen LogP contribution >= 0.6 is 11.6 Å². The number of aryl methyl sites for hydroxylation is 1. The minimum absolute atomic E-state index is 0.289.